The Morgan fingerprint density at radius 3 is 2.57 bits per heavy atom. The lowest BCUT2D eigenvalue weighted by Crippen LogP contribution is -2.28. The highest BCUT2D eigenvalue weighted by Crippen LogP contribution is 2.23. The predicted octanol–water partition coefficient (Wildman–Crippen LogP) is 3.90. The summed E-state index contributed by atoms with van der Waals surface area (Å²) >= 11 is 7.15. The second-order valence-electron chi connectivity index (χ2n) is 6.60. The number of carbonyl (C=O) groups is 1. The predicted molar refractivity (Wildman–Crippen MR) is 114 cm³/mol. The molecule has 3 N–H and O–H groups in total. The monoisotopic (exact) mass is 415 g/mol. The van der Waals surface area contributed by atoms with Crippen molar-refractivity contribution in [3.63, 3.8) is 0 Å². The van der Waals surface area contributed by atoms with Gasteiger partial charge >= 0.3 is 0 Å². The molecule has 1 heterocycles. The summed E-state index contributed by atoms with van der Waals surface area (Å²) in [7, 11) is 0. The van der Waals surface area contributed by atoms with Gasteiger partial charge in [-0.15, -0.1) is 10.2 Å². The molecule has 0 saturated heterocycles. The summed E-state index contributed by atoms with van der Waals surface area (Å²) in [6.45, 7) is 6.10. The normalized spacial score (nSPS) is 12.0. The van der Waals surface area contributed by atoms with Crippen LogP contribution in [0, 0.1) is 13.8 Å². The minimum absolute atomic E-state index is 0.0761. The zero-order valence-corrected chi connectivity index (χ0v) is 17.5. The van der Waals surface area contributed by atoms with Crippen LogP contribution in [0.25, 0.3) is 11.4 Å². The summed E-state index contributed by atoms with van der Waals surface area (Å²) in [5, 5.41) is 12.3. The number of benzene rings is 2. The molecule has 0 spiro atoms. The first-order valence-electron chi connectivity index (χ1n) is 8.81. The van der Waals surface area contributed by atoms with E-state index in [0.717, 1.165) is 11.1 Å². The molecule has 0 bridgehead atoms. The number of amides is 1. The Kier molecular flexibility index (Phi) is 6.26. The van der Waals surface area contributed by atoms with E-state index in [2.05, 4.69) is 41.5 Å². The zero-order valence-electron chi connectivity index (χ0n) is 15.9. The number of halogens is 1. The van der Waals surface area contributed by atoms with E-state index < -0.39 is 0 Å². The number of aromatic nitrogens is 3. The first-order valence-corrected chi connectivity index (χ1v) is 10.2. The second-order valence-corrected chi connectivity index (χ2v) is 7.98. The van der Waals surface area contributed by atoms with Gasteiger partial charge in [-0.3, -0.25) is 4.79 Å². The molecule has 1 amide bonds. The molecule has 0 fully saturated rings. The van der Waals surface area contributed by atoms with E-state index in [1.54, 1.807) is 12.1 Å². The minimum atomic E-state index is -0.0910. The van der Waals surface area contributed by atoms with Crippen LogP contribution in [0.1, 0.15) is 29.7 Å². The number of carbonyl (C=O) groups excluding carboxylic acids is 1. The number of rotatable bonds is 6. The Balaban J connectivity index is 1.60. The van der Waals surface area contributed by atoms with E-state index in [1.165, 1.54) is 27.6 Å². The number of thioether (sulfide) groups is 1. The number of nitrogen functional groups attached to an aromatic ring is 1. The molecule has 0 radical (unpaired) electrons. The van der Waals surface area contributed by atoms with Gasteiger partial charge in [-0.05, 0) is 61.7 Å². The maximum absolute atomic E-state index is 12.3. The quantitative estimate of drug-likeness (QED) is 0.471. The van der Waals surface area contributed by atoms with Gasteiger partial charge in [0.2, 0.25) is 11.1 Å². The Bertz CT molecular complexity index is 987. The number of hydrogen-bond donors (Lipinski definition) is 2. The van der Waals surface area contributed by atoms with Crippen LogP contribution >= 0.6 is 23.4 Å². The molecule has 3 rings (SSSR count). The summed E-state index contributed by atoms with van der Waals surface area (Å²) < 4.78 is 1.38. The van der Waals surface area contributed by atoms with Crippen LogP contribution in [0.4, 0.5) is 0 Å². The highest BCUT2D eigenvalue weighted by Gasteiger charge is 2.15. The molecular formula is C20H22ClN5OS. The third kappa shape index (κ3) is 4.66. The molecule has 8 heteroatoms. The number of nitrogens with one attached hydrogen (secondary N) is 1. The first-order chi connectivity index (χ1) is 13.3. The molecule has 0 unspecified atom stereocenters. The Hall–Kier alpha value is -2.51. The molecular weight excluding hydrogens is 394 g/mol. The van der Waals surface area contributed by atoms with Crippen molar-refractivity contribution in [3.8, 4) is 11.4 Å². The molecule has 0 aliphatic carbocycles. The summed E-state index contributed by atoms with van der Waals surface area (Å²) in [5.41, 5.74) is 4.32. The molecule has 28 heavy (non-hydrogen) atoms. The molecule has 2 aromatic carbocycles. The lowest BCUT2D eigenvalue weighted by molar-refractivity contribution is -0.119. The Morgan fingerprint density at radius 2 is 1.89 bits per heavy atom. The van der Waals surface area contributed by atoms with Gasteiger partial charge in [-0.1, -0.05) is 41.6 Å². The molecule has 0 aliphatic rings. The van der Waals surface area contributed by atoms with E-state index in [1.807, 2.05) is 25.1 Å². The van der Waals surface area contributed by atoms with E-state index in [0.29, 0.717) is 16.0 Å². The lowest BCUT2D eigenvalue weighted by atomic mass is 10.0. The van der Waals surface area contributed by atoms with Crippen molar-refractivity contribution in [1.29, 1.82) is 0 Å². The van der Waals surface area contributed by atoms with Gasteiger partial charge in [0, 0.05) is 10.6 Å². The summed E-state index contributed by atoms with van der Waals surface area (Å²) in [6.07, 6.45) is 0. The molecule has 0 aliphatic heterocycles. The Labute approximate surface area is 173 Å². The maximum atomic E-state index is 12.3. The van der Waals surface area contributed by atoms with Gasteiger partial charge in [-0.2, -0.15) is 0 Å². The largest absolute Gasteiger partial charge is 0.349 e. The SMILES string of the molecule is Cc1ccc([C@@H](C)NC(=O)CSc2nnc(-c3ccc(Cl)cc3)n2N)cc1C. The van der Waals surface area contributed by atoms with Crippen molar-refractivity contribution in [2.75, 3.05) is 11.6 Å². The van der Waals surface area contributed by atoms with Crippen molar-refractivity contribution >= 4 is 29.3 Å². The van der Waals surface area contributed by atoms with Gasteiger partial charge < -0.3 is 11.2 Å². The van der Waals surface area contributed by atoms with Gasteiger partial charge in [0.1, 0.15) is 0 Å². The molecule has 1 aromatic heterocycles. The third-order valence-electron chi connectivity index (χ3n) is 4.51. The van der Waals surface area contributed by atoms with Crippen molar-refractivity contribution in [3.05, 3.63) is 64.2 Å². The molecule has 146 valence electrons. The van der Waals surface area contributed by atoms with Crippen molar-refractivity contribution < 1.29 is 4.79 Å². The average molecular weight is 416 g/mol. The van der Waals surface area contributed by atoms with Crippen LogP contribution in [0.5, 0.6) is 0 Å². The van der Waals surface area contributed by atoms with Gasteiger partial charge in [-0.25, -0.2) is 4.68 Å². The van der Waals surface area contributed by atoms with E-state index in [4.69, 9.17) is 17.4 Å². The topological polar surface area (TPSA) is 85.8 Å². The fourth-order valence-electron chi connectivity index (χ4n) is 2.70. The van der Waals surface area contributed by atoms with E-state index >= 15 is 0 Å². The van der Waals surface area contributed by atoms with Crippen LogP contribution in [0.2, 0.25) is 5.02 Å². The number of nitrogens with two attached hydrogens (primary N) is 1. The molecule has 3 aromatic rings. The Morgan fingerprint density at radius 1 is 1.18 bits per heavy atom. The third-order valence-corrected chi connectivity index (χ3v) is 5.70. The average Bonchev–Trinajstić information content (AvgIpc) is 3.03. The van der Waals surface area contributed by atoms with E-state index in [9.17, 15) is 4.79 Å². The van der Waals surface area contributed by atoms with Crippen molar-refractivity contribution in [2.45, 2.75) is 32.0 Å². The molecule has 1 atom stereocenters. The first kappa shape index (κ1) is 20.2. The molecule has 0 saturated carbocycles. The minimum Gasteiger partial charge on any atom is -0.349 e. The summed E-state index contributed by atoms with van der Waals surface area (Å²) in [4.78, 5) is 12.3. The van der Waals surface area contributed by atoms with Gasteiger partial charge in [0.05, 0.1) is 11.8 Å². The van der Waals surface area contributed by atoms with Crippen molar-refractivity contribution in [1.82, 2.24) is 20.2 Å². The standard InChI is InChI=1S/C20H22ClN5OS/c1-12-4-5-16(10-13(12)2)14(3)23-18(27)11-28-20-25-24-19(26(20)22)15-6-8-17(21)9-7-15/h4-10,14H,11,22H2,1-3H3,(H,23,27)/t14-/m1/s1. The van der Waals surface area contributed by atoms with Crippen molar-refractivity contribution in [2.24, 2.45) is 0 Å². The van der Waals surface area contributed by atoms with E-state index in [-0.39, 0.29) is 17.7 Å². The van der Waals surface area contributed by atoms with Crippen LogP contribution in [-0.4, -0.2) is 26.5 Å². The van der Waals surface area contributed by atoms with Gasteiger partial charge in [0.25, 0.3) is 0 Å². The number of aryl methyl sites for hydroxylation is 2. The summed E-state index contributed by atoms with van der Waals surface area (Å²) in [6, 6.07) is 13.3. The highest BCUT2D eigenvalue weighted by molar-refractivity contribution is 7.99. The van der Waals surface area contributed by atoms with Crippen LogP contribution in [0.3, 0.4) is 0 Å². The maximum Gasteiger partial charge on any atom is 0.230 e. The highest BCUT2D eigenvalue weighted by atomic mass is 35.5. The van der Waals surface area contributed by atoms with Crippen LogP contribution in [0.15, 0.2) is 47.6 Å². The zero-order chi connectivity index (χ0) is 20.3. The van der Waals surface area contributed by atoms with Crippen LogP contribution in [-0.2, 0) is 4.79 Å². The van der Waals surface area contributed by atoms with Crippen LogP contribution < -0.4 is 11.2 Å². The number of nitrogens with zero attached hydrogens (tertiary/aromatic N) is 3. The summed E-state index contributed by atoms with van der Waals surface area (Å²) in [5.74, 6) is 6.71. The fourth-order valence-corrected chi connectivity index (χ4v) is 3.50. The fraction of sp³-hybridized carbons (Fsp3) is 0.250. The molecule has 6 nitrogen and oxygen atoms in total. The van der Waals surface area contributed by atoms with Gasteiger partial charge in [0.15, 0.2) is 5.82 Å². The lowest BCUT2D eigenvalue weighted by Gasteiger charge is -2.15. The number of hydrogen-bond acceptors (Lipinski definition) is 5. The smallest absolute Gasteiger partial charge is 0.230 e. The second kappa shape index (κ2) is 8.67.